The highest BCUT2D eigenvalue weighted by atomic mass is 19.3. The van der Waals surface area contributed by atoms with E-state index in [1.54, 1.807) is 20.8 Å². The second-order valence-corrected chi connectivity index (χ2v) is 16.5. The van der Waals surface area contributed by atoms with Crippen LogP contribution < -0.4 is 21.7 Å². The Morgan fingerprint density at radius 3 is 2.14 bits per heavy atom. The van der Waals surface area contributed by atoms with Crippen molar-refractivity contribution in [3.63, 3.8) is 0 Å². The number of hydrogen-bond donors (Lipinski definition) is 4. The number of nitrogens with one attached hydrogen (secondary N) is 3. The molecule has 1 aliphatic heterocycles. The second-order valence-electron chi connectivity index (χ2n) is 16.5. The quantitative estimate of drug-likeness (QED) is 0.237. The summed E-state index contributed by atoms with van der Waals surface area (Å²) in [7, 11) is 0. The molecule has 5 atom stereocenters. The van der Waals surface area contributed by atoms with Crippen molar-refractivity contribution in [2.45, 2.75) is 129 Å². The first kappa shape index (κ1) is 38.2. The van der Waals surface area contributed by atoms with Gasteiger partial charge in [0.25, 0.3) is 11.8 Å². The molecular weight excluding hydrogens is 664 g/mol. The minimum absolute atomic E-state index is 0.0442. The fraction of sp³-hybridized carbons (Fsp3) is 0.722. The van der Waals surface area contributed by atoms with E-state index in [2.05, 4.69) is 39.8 Å². The smallest absolute Gasteiger partial charge is 0.287 e. The fourth-order valence-corrected chi connectivity index (χ4v) is 9.46. The number of halogens is 2. The molecule has 3 saturated carbocycles. The van der Waals surface area contributed by atoms with Gasteiger partial charge in [-0.2, -0.15) is 0 Å². The molecule has 1 aromatic rings. The SMILES string of the molecule is CC(C)(C)[C@H](NC(=O)[C@@H](NC(=O)c1cnccn1)C1CCCCC1)C(=O)N1C[C@]2(C[C@H]1C(=O)NC(CC(F)F)C(=O)C(N)=O)C(C)(C)C21CCC1. The number of fused-ring (bicyclic) bond motifs is 1. The maximum atomic E-state index is 14.8. The zero-order valence-electron chi connectivity index (χ0n) is 30.1. The van der Waals surface area contributed by atoms with Gasteiger partial charge in [0.05, 0.1) is 6.20 Å². The van der Waals surface area contributed by atoms with Gasteiger partial charge in [-0.15, -0.1) is 0 Å². The van der Waals surface area contributed by atoms with Crippen LogP contribution in [-0.2, 0) is 24.0 Å². The third-order valence-electron chi connectivity index (χ3n) is 12.6. The summed E-state index contributed by atoms with van der Waals surface area (Å²) in [4.78, 5) is 89.8. The molecule has 13 nitrogen and oxygen atoms in total. The molecule has 5 amide bonds. The molecule has 0 bridgehead atoms. The van der Waals surface area contributed by atoms with Gasteiger partial charge in [0.15, 0.2) is 0 Å². The van der Waals surface area contributed by atoms with Crippen molar-refractivity contribution in [3.8, 4) is 0 Å². The molecule has 280 valence electrons. The lowest BCUT2D eigenvalue weighted by Crippen LogP contribution is -2.62. The number of alkyl halides is 2. The summed E-state index contributed by atoms with van der Waals surface area (Å²) in [5, 5.41) is 8.10. The van der Waals surface area contributed by atoms with Crippen LogP contribution in [0.15, 0.2) is 18.6 Å². The van der Waals surface area contributed by atoms with Gasteiger partial charge in [-0.05, 0) is 54.3 Å². The number of nitrogens with two attached hydrogens (primary N) is 1. The molecule has 51 heavy (non-hydrogen) atoms. The molecule has 15 heteroatoms. The summed E-state index contributed by atoms with van der Waals surface area (Å²) in [5.41, 5.74) is 3.48. The van der Waals surface area contributed by atoms with Gasteiger partial charge < -0.3 is 26.6 Å². The largest absolute Gasteiger partial charge is 0.363 e. The Kier molecular flexibility index (Phi) is 10.6. The first-order valence-corrected chi connectivity index (χ1v) is 18.0. The van der Waals surface area contributed by atoms with Crippen LogP contribution in [0, 0.1) is 27.6 Å². The molecule has 1 unspecified atom stereocenters. The van der Waals surface area contributed by atoms with Crippen molar-refractivity contribution in [1.82, 2.24) is 30.8 Å². The van der Waals surface area contributed by atoms with E-state index in [9.17, 15) is 37.5 Å². The predicted molar refractivity (Wildman–Crippen MR) is 181 cm³/mol. The van der Waals surface area contributed by atoms with Crippen LogP contribution in [0.4, 0.5) is 8.78 Å². The summed E-state index contributed by atoms with van der Waals surface area (Å²) in [5.74, 6) is -5.50. The number of ketones is 1. The van der Waals surface area contributed by atoms with E-state index in [1.807, 2.05) is 0 Å². The molecule has 4 aliphatic rings. The molecule has 2 spiro atoms. The fourth-order valence-electron chi connectivity index (χ4n) is 9.46. The third kappa shape index (κ3) is 6.96. The maximum absolute atomic E-state index is 14.8. The van der Waals surface area contributed by atoms with E-state index in [1.165, 1.54) is 23.5 Å². The van der Waals surface area contributed by atoms with Crippen molar-refractivity contribution < 1.29 is 37.5 Å². The lowest BCUT2D eigenvalue weighted by atomic mass is 9.73. The molecular formula is C36H51F2N7O6. The van der Waals surface area contributed by atoms with Gasteiger partial charge in [0.1, 0.15) is 29.9 Å². The van der Waals surface area contributed by atoms with Crippen LogP contribution in [0.3, 0.4) is 0 Å². The van der Waals surface area contributed by atoms with Gasteiger partial charge in [-0.3, -0.25) is 33.8 Å². The number of nitrogens with zero attached hydrogens (tertiary/aromatic N) is 3. The van der Waals surface area contributed by atoms with Crippen LogP contribution in [0.25, 0.3) is 0 Å². The van der Waals surface area contributed by atoms with Gasteiger partial charge in [-0.1, -0.05) is 60.3 Å². The second kappa shape index (κ2) is 14.2. The van der Waals surface area contributed by atoms with Crippen LogP contribution >= 0.6 is 0 Å². The Hall–Kier alpha value is -4.04. The molecule has 4 fully saturated rings. The zero-order chi connectivity index (χ0) is 37.5. The number of carbonyl (C=O) groups excluding carboxylic acids is 6. The van der Waals surface area contributed by atoms with Crippen LogP contribution in [0.1, 0.15) is 109 Å². The van der Waals surface area contributed by atoms with E-state index >= 15 is 0 Å². The highest BCUT2D eigenvalue weighted by molar-refractivity contribution is 6.37. The highest BCUT2D eigenvalue weighted by Gasteiger charge is 2.85. The number of Topliss-reactive ketones (excluding diaryl/α,β-unsaturated/α-hetero) is 1. The van der Waals surface area contributed by atoms with Crippen molar-refractivity contribution in [1.29, 1.82) is 0 Å². The van der Waals surface area contributed by atoms with E-state index < -0.39 is 83.2 Å². The van der Waals surface area contributed by atoms with Gasteiger partial charge in [0.2, 0.25) is 29.9 Å². The molecule has 2 heterocycles. The van der Waals surface area contributed by atoms with Crippen LogP contribution in [0.2, 0.25) is 0 Å². The molecule has 0 radical (unpaired) electrons. The number of carbonyl (C=O) groups is 6. The van der Waals surface area contributed by atoms with E-state index in [0.717, 1.165) is 38.5 Å². The first-order chi connectivity index (χ1) is 23.9. The summed E-state index contributed by atoms with van der Waals surface area (Å²) in [6.45, 7) is 9.76. The summed E-state index contributed by atoms with van der Waals surface area (Å²) in [6, 6.07) is -5.15. The van der Waals surface area contributed by atoms with E-state index in [0.29, 0.717) is 12.8 Å². The average Bonchev–Trinajstić information content (AvgIpc) is 3.27. The number of likely N-dealkylation sites (tertiary alicyclic amines) is 1. The topological polar surface area (TPSA) is 194 Å². The number of primary amides is 1. The van der Waals surface area contributed by atoms with Crippen molar-refractivity contribution in [2.75, 3.05) is 6.54 Å². The van der Waals surface area contributed by atoms with E-state index in [-0.39, 0.29) is 35.4 Å². The Morgan fingerprint density at radius 1 is 0.961 bits per heavy atom. The molecule has 0 aromatic carbocycles. The molecule has 5 N–H and O–H groups in total. The number of amides is 5. The number of rotatable bonds is 12. The minimum Gasteiger partial charge on any atom is -0.363 e. The summed E-state index contributed by atoms with van der Waals surface area (Å²) in [6.07, 6.45) is 7.22. The van der Waals surface area contributed by atoms with Crippen LogP contribution in [0.5, 0.6) is 0 Å². The van der Waals surface area contributed by atoms with Gasteiger partial charge >= 0.3 is 0 Å². The van der Waals surface area contributed by atoms with E-state index in [4.69, 9.17) is 5.73 Å². The molecule has 5 rings (SSSR count). The monoisotopic (exact) mass is 715 g/mol. The standard InChI is InChI=1S/C36H51F2N7O6/c1-33(2,3)27(44-31(50)25(20-10-7-6-8-11-20)43-29(48)22-18-40-14-15-41-22)32(51)45-19-36(34(4,5)35(36)12-9-13-35)17-23(45)30(49)42-21(16-24(37)38)26(46)28(39)47/h14-15,18,20-21,23-25,27H,6-13,16-17,19H2,1-5H3,(H2,39,47)(H,42,49)(H,43,48)(H,44,50)/t21?,23-,25-,27+,36+/m0/s1. The molecule has 1 aromatic heterocycles. The Morgan fingerprint density at radius 2 is 1.63 bits per heavy atom. The van der Waals surface area contributed by atoms with Gasteiger partial charge in [0, 0.05) is 30.8 Å². The third-order valence-corrected chi connectivity index (χ3v) is 12.6. The highest BCUT2D eigenvalue weighted by Crippen LogP contribution is 2.88. The molecule has 3 aliphatic carbocycles. The van der Waals surface area contributed by atoms with Crippen LogP contribution in [-0.4, -0.2) is 87.3 Å². The molecule has 1 saturated heterocycles. The number of hydrogen-bond acceptors (Lipinski definition) is 8. The Bertz CT molecular complexity index is 1540. The minimum atomic E-state index is -3.01. The van der Waals surface area contributed by atoms with Crippen molar-refractivity contribution >= 4 is 35.3 Å². The summed E-state index contributed by atoms with van der Waals surface area (Å²) < 4.78 is 26.9. The lowest BCUT2D eigenvalue weighted by Gasteiger charge is -2.38. The zero-order valence-corrected chi connectivity index (χ0v) is 30.1. The average molecular weight is 716 g/mol. The Balaban J connectivity index is 1.44. The number of aromatic nitrogens is 2. The predicted octanol–water partition coefficient (Wildman–Crippen LogP) is 2.68. The maximum Gasteiger partial charge on any atom is 0.287 e. The lowest BCUT2D eigenvalue weighted by molar-refractivity contribution is -0.145. The Labute approximate surface area is 297 Å². The normalized spacial score (nSPS) is 25.4. The van der Waals surface area contributed by atoms with Gasteiger partial charge in [-0.25, -0.2) is 13.8 Å². The van der Waals surface area contributed by atoms with Crippen molar-refractivity contribution in [2.24, 2.45) is 33.3 Å². The van der Waals surface area contributed by atoms with Crippen molar-refractivity contribution in [3.05, 3.63) is 24.3 Å². The summed E-state index contributed by atoms with van der Waals surface area (Å²) >= 11 is 0. The first-order valence-electron chi connectivity index (χ1n) is 18.0.